The molecule has 0 spiro atoms. The second kappa shape index (κ2) is 6.15. The molecular weight excluding hydrogens is 282 g/mol. The van der Waals surface area contributed by atoms with Gasteiger partial charge in [0.05, 0.1) is 0 Å². The zero-order valence-corrected chi connectivity index (χ0v) is 10.7. The van der Waals surface area contributed by atoms with Gasteiger partial charge >= 0.3 is 0 Å². The molecule has 0 radical (unpaired) electrons. The van der Waals surface area contributed by atoms with E-state index < -0.39 is 10.7 Å². The topological polar surface area (TPSA) is 46.2 Å². The summed E-state index contributed by atoms with van der Waals surface area (Å²) in [6.45, 7) is 7.01. The second-order valence-electron chi connectivity index (χ2n) is 3.31. The molecule has 4 heteroatoms. The van der Waals surface area contributed by atoms with Crippen molar-refractivity contribution in [1.29, 1.82) is 0 Å². The van der Waals surface area contributed by atoms with Gasteiger partial charge in [-0.05, 0) is 6.08 Å². The molecule has 17 heavy (non-hydrogen) atoms. The molecule has 1 N–H and O–H groups in total. The van der Waals surface area contributed by atoms with Gasteiger partial charge in [0.1, 0.15) is 0 Å². The molecule has 0 aliphatic heterocycles. The summed E-state index contributed by atoms with van der Waals surface area (Å²) in [4.78, 5) is 22.6. The van der Waals surface area contributed by atoms with E-state index in [1.807, 2.05) is 0 Å². The fourth-order valence-electron chi connectivity index (χ4n) is 1.14. The molecule has 0 saturated carbocycles. The molecule has 0 saturated heterocycles. The van der Waals surface area contributed by atoms with Crippen molar-refractivity contribution < 1.29 is 9.59 Å². The Bertz CT molecular complexity index is 454. The lowest BCUT2D eigenvalue weighted by molar-refractivity contribution is -0.118. The van der Waals surface area contributed by atoms with E-state index in [-0.39, 0.29) is 5.78 Å². The third-order valence-corrected chi connectivity index (χ3v) is 2.88. The van der Waals surface area contributed by atoms with Crippen LogP contribution in [0.4, 0.5) is 0 Å². The van der Waals surface area contributed by atoms with Crippen molar-refractivity contribution in [2.45, 2.75) is 4.83 Å². The third-order valence-electron chi connectivity index (χ3n) is 2.05. The van der Waals surface area contributed by atoms with Crippen molar-refractivity contribution in [3.63, 3.8) is 0 Å². The normalized spacial score (nSPS) is 11.4. The standard InChI is InChI=1S/C13H12BrNO2/c1-3-9(2)15-13(17)11(14)12(16)10-7-5-4-6-8-10/h3-8,11H,1-2H2,(H,15,17). The van der Waals surface area contributed by atoms with Crippen LogP contribution in [0.15, 0.2) is 55.3 Å². The fraction of sp³-hybridized carbons (Fsp3) is 0.0769. The van der Waals surface area contributed by atoms with Crippen LogP contribution in [0.25, 0.3) is 0 Å². The van der Waals surface area contributed by atoms with Gasteiger partial charge in [-0.2, -0.15) is 0 Å². The first-order chi connectivity index (χ1) is 8.06. The van der Waals surface area contributed by atoms with Crippen LogP contribution in [0.1, 0.15) is 10.4 Å². The Morgan fingerprint density at radius 1 is 1.29 bits per heavy atom. The molecule has 0 aliphatic rings. The van der Waals surface area contributed by atoms with E-state index in [1.165, 1.54) is 6.08 Å². The van der Waals surface area contributed by atoms with E-state index >= 15 is 0 Å². The number of hydrogen-bond acceptors (Lipinski definition) is 2. The SMILES string of the molecule is C=CC(=C)NC(=O)C(Br)C(=O)c1ccccc1. The van der Waals surface area contributed by atoms with E-state index in [9.17, 15) is 9.59 Å². The predicted octanol–water partition coefficient (Wildman–Crippen LogP) is 2.45. The molecule has 1 unspecified atom stereocenters. The van der Waals surface area contributed by atoms with Gasteiger partial charge in [0, 0.05) is 11.3 Å². The number of allylic oxidation sites excluding steroid dienone is 1. The number of ketones is 1. The number of nitrogens with one attached hydrogen (secondary N) is 1. The average molecular weight is 294 g/mol. The summed E-state index contributed by atoms with van der Waals surface area (Å²) in [5.74, 6) is -0.747. The first-order valence-electron chi connectivity index (χ1n) is 4.91. The Morgan fingerprint density at radius 2 is 1.88 bits per heavy atom. The fourth-order valence-corrected chi connectivity index (χ4v) is 1.52. The highest BCUT2D eigenvalue weighted by Gasteiger charge is 2.24. The van der Waals surface area contributed by atoms with Crippen LogP contribution in [0.2, 0.25) is 0 Å². The summed E-state index contributed by atoms with van der Waals surface area (Å²) in [6.07, 6.45) is 1.41. The summed E-state index contributed by atoms with van der Waals surface area (Å²) < 4.78 is 0. The zero-order chi connectivity index (χ0) is 12.8. The zero-order valence-electron chi connectivity index (χ0n) is 9.15. The van der Waals surface area contributed by atoms with Crippen LogP contribution in [0.3, 0.4) is 0 Å². The van der Waals surface area contributed by atoms with Gasteiger partial charge in [0.15, 0.2) is 10.6 Å². The van der Waals surface area contributed by atoms with Crippen molar-refractivity contribution in [1.82, 2.24) is 5.32 Å². The molecule has 1 aromatic carbocycles. The predicted molar refractivity (Wildman–Crippen MR) is 71.0 cm³/mol. The van der Waals surface area contributed by atoms with Crippen molar-refractivity contribution in [2.24, 2.45) is 0 Å². The summed E-state index contributed by atoms with van der Waals surface area (Å²) >= 11 is 3.07. The number of hydrogen-bond donors (Lipinski definition) is 1. The van der Waals surface area contributed by atoms with Crippen molar-refractivity contribution in [3.8, 4) is 0 Å². The maximum Gasteiger partial charge on any atom is 0.246 e. The lowest BCUT2D eigenvalue weighted by Crippen LogP contribution is -2.34. The largest absolute Gasteiger partial charge is 0.325 e. The minimum absolute atomic E-state index is 0.292. The minimum Gasteiger partial charge on any atom is -0.325 e. The average Bonchev–Trinajstić information content (AvgIpc) is 2.37. The van der Waals surface area contributed by atoms with Crippen LogP contribution >= 0.6 is 15.9 Å². The second-order valence-corrected chi connectivity index (χ2v) is 4.23. The van der Waals surface area contributed by atoms with Gasteiger partial charge in [0.2, 0.25) is 5.91 Å². The Morgan fingerprint density at radius 3 is 2.41 bits per heavy atom. The van der Waals surface area contributed by atoms with Crippen LogP contribution in [0, 0.1) is 0 Å². The van der Waals surface area contributed by atoms with Gasteiger partial charge in [-0.3, -0.25) is 9.59 Å². The number of benzene rings is 1. The molecule has 0 bridgehead atoms. The summed E-state index contributed by atoms with van der Waals surface area (Å²) in [5.41, 5.74) is 0.842. The summed E-state index contributed by atoms with van der Waals surface area (Å²) in [5, 5.41) is 2.46. The quantitative estimate of drug-likeness (QED) is 0.392. The van der Waals surface area contributed by atoms with E-state index in [4.69, 9.17) is 0 Å². The number of rotatable bonds is 5. The maximum atomic E-state index is 11.9. The molecular formula is C13H12BrNO2. The molecule has 0 aliphatic carbocycles. The van der Waals surface area contributed by atoms with E-state index in [2.05, 4.69) is 34.4 Å². The summed E-state index contributed by atoms with van der Waals surface area (Å²) in [7, 11) is 0. The molecule has 0 aromatic heterocycles. The van der Waals surface area contributed by atoms with Gasteiger partial charge in [0.25, 0.3) is 0 Å². The van der Waals surface area contributed by atoms with Crippen LogP contribution < -0.4 is 5.32 Å². The highest BCUT2D eigenvalue weighted by atomic mass is 79.9. The van der Waals surface area contributed by atoms with Gasteiger partial charge < -0.3 is 5.32 Å². The highest BCUT2D eigenvalue weighted by Crippen LogP contribution is 2.10. The Hall–Kier alpha value is -1.68. The van der Waals surface area contributed by atoms with Crippen molar-refractivity contribution in [2.75, 3.05) is 0 Å². The van der Waals surface area contributed by atoms with Gasteiger partial charge in [-0.15, -0.1) is 0 Å². The Balaban J connectivity index is 2.74. The van der Waals surface area contributed by atoms with E-state index in [0.717, 1.165) is 0 Å². The Kier molecular flexibility index (Phi) is 4.84. The maximum absolute atomic E-state index is 11.9. The van der Waals surface area contributed by atoms with E-state index in [0.29, 0.717) is 11.3 Å². The number of halogens is 1. The van der Waals surface area contributed by atoms with Crippen LogP contribution in [0.5, 0.6) is 0 Å². The molecule has 0 fully saturated rings. The van der Waals surface area contributed by atoms with Gasteiger partial charge in [-0.25, -0.2) is 0 Å². The van der Waals surface area contributed by atoms with Gasteiger partial charge in [-0.1, -0.05) is 59.4 Å². The molecule has 1 rings (SSSR count). The smallest absolute Gasteiger partial charge is 0.246 e. The number of Topliss-reactive ketones (excluding diaryl/α,β-unsaturated/α-hetero) is 1. The highest BCUT2D eigenvalue weighted by molar-refractivity contribution is 9.10. The van der Waals surface area contributed by atoms with Crippen molar-refractivity contribution in [3.05, 3.63) is 60.8 Å². The van der Waals surface area contributed by atoms with Crippen molar-refractivity contribution >= 4 is 27.6 Å². The number of carbonyl (C=O) groups is 2. The molecule has 1 aromatic rings. The third kappa shape index (κ3) is 3.67. The number of carbonyl (C=O) groups excluding carboxylic acids is 2. The van der Waals surface area contributed by atoms with Crippen LogP contribution in [-0.4, -0.2) is 16.5 Å². The first kappa shape index (κ1) is 13.4. The molecule has 88 valence electrons. The molecule has 1 atom stereocenters. The first-order valence-corrected chi connectivity index (χ1v) is 5.83. The number of alkyl halides is 1. The minimum atomic E-state index is -0.929. The molecule has 0 heterocycles. The number of amides is 1. The Labute approximate surface area is 108 Å². The molecule has 3 nitrogen and oxygen atoms in total. The summed E-state index contributed by atoms with van der Waals surface area (Å²) in [6, 6.07) is 8.61. The molecule has 1 amide bonds. The van der Waals surface area contributed by atoms with Crippen LogP contribution in [-0.2, 0) is 4.79 Å². The lowest BCUT2D eigenvalue weighted by atomic mass is 10.1. The van der Waals surface area contributed by atoms with E-state index in [1.54, 1.807) is 30.3 Å². The monoisotopic (exact) mass is 293 g/mol. The lowest BCUT2D eigenvalue weighted by Gasteiger charge is -2.09.